The molecular formula is C31H45FN2O2. The van der Waals surface area contributed by atoms with Crippen molar-refractivity contribution in [2.24, 2.45) is 0 Å². The van der Waals surface area contributed by atoms with Crippen LogP contribution in [0.5, 0.6) is 5.75 Å². The number of rotatable bonds is 9. The fourth-order valence-corrected chi connectivity index (χ4v) is 4.81. The molecule has 5 heteroatoms. The zero-order chi connectivity index (χ0) is 26.7. The number of halogens is 1. The number of ether oxygens (including phenoxy) is 1. The van der Waals surface area contributed by atoms with Gasteiger partial charge in [0.1, 0.15) is 11.6 Å². The maximum absolute atomic E-state index is 13.3. The third kappa shape index (κ3) is 6.47. The van der Waals surface area contributed by atoms with Crippen LogP contribution in [0, 0.1) is 5.82 Å². The minimum absolute atomic E-state index is 0.0222. The first-order chi connectivity index (χ1) is 16.9. The molecule has 0 aromatic heterocycles. The van der Waals surface area contributed by atoms with E-state index in [0.717, 1.165) is 37.2 Å². The third-order valence-electron chi connectivity index (χ3n) is 8.34. The Morgan fingerprint density at radius 1 is 0.944 bits per heavy atom. The van der Waals surface area contributed by atoms with Gasteiger partial charge in [0, 0.05) is 37.3 Å². The van der Waals surface area contributed by atoms with Crippen molar-refractivity contribution < 1.29 is 13.9 Å². The van der Waals surface area contributed by atoms with Gasteiger partial charge in [-0.3, -0.25) is 9.69 Å². The summed E-state index contributed by atoms with van der Waals surface area (Å²) in [7, 11) is 0. The molecule has 0 unspecified atom stereocenters. The van der Waals surface area contributed by atoms with Crippen LogP contribution in [0.25, 0.3) is 0 Å². The van der Waals surface area contributed by atoms with Gasteiger partial charge in [0.05, 0.1) is 0 Å². The van der Waals surface area contributed by atoms with Crippen LogP contribution in [-0.4, -0.2) is 47.5 Å². The van der Waals surface area contributed by atoms with Gasteiger partial charge in [0.2, 0.25) is 0 Å². The van der Waals surface area contributed by atoms with Crippen LogP contribution in [0.1, 0.15) is 84.9 Å². The van der Waals surface area contributed by atoms with Crippen molar-refractivity contribution in [3.05, 3.63) is 65.0 Å². The van der Waals surface area contributed by atoms with Crippen molar-refractivity contribution in [2.75, 3.05) is 19.7 Å². The minimum Gasteiger partial charge on any atom is -0.483 e. The molecule has 1 aliphatic heterocycles. The fourth-order valence-electron chi connectivity index (χ4n) is 4.81. The Labute approximate surface area is 217 Å². The van der Waals surface area contributed by atoms with Crippen LogP contribution in [0.4, 0.5) is 4.39 Å². The predicted octanol–water partition coefficient (Wildman–Crippen LogP) is 6.70. The Morgan fingerprint density at radius 2 is 1.58 bits per heavy atom. The van der Waals surface area contributed by atoms with E-state index in [0.29, 0.717) is 6.54 Å². The van der Waals surface area contributed by atoms with E-state index in [4.69, 9.17) is 4.74 Å². The van der Waals surface area contributed by atoms with Gasteiger partial charge in [0.25, 0.3) is 5.91 Å². The van der Waals surface area contributed by atoms with Crippen LogP contribution < -0.4 is 4.74 Å². The Bertz CT molecular complexity index is 1030. The summed E-state index contributed by atoms with van der Waals surface area (Å²) in [6, 6.07) is 13.5. The first kappa shape index (κ1) is 28.2. The lowest BCUT2D eigenvalue weighted by Crippen LogP contribution is -2.58. The second-order valence-electron chi connectivity index (χ2n) is 11.8. The molecule has 2 aromatic carbocycles. The lowest BCUT2D eigenvalue weighted by Gasteiger charge is -2.44. The summed E-state index contributed by atoms with van der Waals surface area (Å²) >= 11 is 0. The number of piperazine rings is 1. The number of nitrogens with zero attached hydrogens (tertiary/aromatic N) is 2. The molecule has 1 fully saturated rings. The number of carbonyl (C=O) groups is 1. The number of amides is 1. The molecule has 198 valence electrons. The minimum atomic E-state index is -0.218. The second kappa shape index (κ2) is 11.3. The van der Waals surface area contributed by atoms with E-state index in [9.17, 15) is 9.18 Å². The standard InChI is InChI=1S/C31H45FN2O2/c1-9-30(5,6)25-13-16-28(27(17-25)31(7,8)10-2)36-21-29(35)34-19-22(3)33(18-23(34)4)20-24-11-14-26(32)15-12-24/h11-17,22-23H,9-10,18-21H2,1-8H3/t22-,23+/m0/s1. The second-order valence-corrected chi connectivity index (χ2v) is 11.8. The summed E-state index contributed by atoms with van der Waals surface area (Å²) in [6.07, 6.45) is 2.04. The molecular weight excluding hydrogens is 451 g/mol. The summed E-state index contributed by atoms with van der Waals surface area (Å²) in [4.78, 5) is 17.6. The van der Waals surface area contributed by atoms with Gasteiger partial charge in [-0.15, -0.1) is 0 Å². The molecule has 0 aliphatic carbocycles. The smallest absolute Gasteiger partial charge is 0.260 e. The summed E-state index contributed by atoms with van der Waals surface area (Å²) in [5.74, 6) is 0.611. The molecule has 2 aromatic rings. The Hall–Kier alpha value is -2.40. The molecule has 1 aliphatic rings. The van der Waals surface area contributed by atoms with E-state index in [2.05, 4.69) is 78.5 Å². The third-order valence-corrected chi connectivity index (χ3v) is 8.34. The Balaban J connectivity index is 1.69. The summed E-state index contributed by atoms with van der Waals surface area (Å²) in [5.41, 5.74) is 3.60. The van der Waals surface area contributed by atoms with E-state index in [1.807, 2.05) is 17.0 Å². The lowest BCUT2D eigenvalue weighted by atomic mass is 9.76. The molecule has 2 atom stereocenters. The highest BCUT2D eigenvalue weighted by atomic mass is 19.1. The average molecular weight is 497 g/mol. The Morgan fingerprint density at radius 3 is 2.19 bits per heavy atom. The highest BCUT2D eigenvalue weighted by Crippen LogP contribution is 2.38. The number of benzene rings is 2. The van der Waals surface area contributed by atoms with Crippen LogP contribution in [0.15, 0.2) is 42.5 Å². The van der Waals surface area contributed by atoms with Gasteiger partial charge in [-0.1, -0.05) is 65.8 Å². The lowest BCUT2D eigenvalue weighted by molar-refractivity contribution is -0.139. The molecule has 4 nitrogen and oxygen atoms in total. The maximum atomic E-state index is 13.3. The largest absolute Gasteiger partial charge is 0.483 e. The zero-order valence-corrected chi connectivity index (χ0v) is 23.5. The Kier molecular flexibility index (Phi) is 8.87. The van der Waals surface area contributed by atoms with Crippen LogP contribution in [0.3, 0.4) is 0 Å². The number of hydrogen-bond donors (Lipinski definition) is 0. The predicted molar refractivity (Wildman–Crippen MR) is 146 cm³/mol. The topological polar surface area (TPSA) is 32.8 Å². The molecule has 0 bridgehead atoms. The van der Waals surface area contributed by atoms with Gasteiger partial charge < -0.3 is 9.64 Å². The number of hydrogen-bond acceptors (Lipinski definition) is 3. The number of carbonyl (C=O) groups excluding carboxylic acids is 1. The molecule has 0 N–H and O–H groups in total. The van der Waals surface area contributed by atoms with E-state index >= 15 is 0 Å². The maximum Gasteiger partial charge on any atom is 0.260 e. The van der Waals surface area contributed by atoms with E-state index in [1.54, 1.807) is 0 Å². The van der Waals surface area contributed by atoms with Crippen LogP contribution in [0.2, 0.25) is 0 Å². The van der Waals surface area contributed by atoms with Crippen molar-refractivity contribution in [1.29, 1.82) is 0 Å². The van der Waals surface area contributed by atoms with Crippen molar-refractivity contribution in [3.8, 4) is 5.75 Å². The molecule has 36 heavy (non-hydrogen) atoms. The van der Waals surface area contributed by atoms with Crippen molar-refractivity contribution in [2.45, 2.75) is 97.7 Å². The SMILES string of the molecule is CCC(C)(C)c1ccc(OCC(=O)N2C[C@H](C)N(Cc3ccc(F)cc3)C[C@H]2C)c(C(C)(C)CC)c1. The van der Waals surface area contributed by atoms with Crippen LogP contribution >= 0.6 is 0 Å². The van der Waals surface area contributed by atoms with E-state index in [1.165, 1.54) is 23.3 Å². The highest BCUT2D eigenvalue weighted by molar-refractivity contribution is 5.78. The van der Waals surface area contributed by atoms with Gasteiger partial charge >= 0.3 is 0 Å². The monoisotopic (exact) mass is 496 g/mol. The summed E-state index contributed by atoms with van der Waals surface area (Å²) in [5, 5.41) is 0. The van der Waals surface area contributed by atoms with Gasteiger partial charge in [-0.2, -0.15) is 0 Å². The first-order valence-electron chi connectivity index (χ1n) is 13.4. The van der Waals surface area contributed by atoms with Crippen molar-refractivity contribution >= 4 is 5.91 Å². The molecule has 0 spiro atoms. The molecule has 1 amide bonds. The molecule has 0 radical (unpaired) electrons. The average Bonchev–Trinajstić information content (AvgIpc) is 2.85. The molecule has 0 saturated carbocycles. The normalized spacial score (nSPS) is 19.4. The highest BCUT2D eigenvalue weighted by Gasteiger charge is 2.33. The molecule has 1 saturated heterocycles. The van der Waals surface area contributed by atoms with E-state index < -0.39 is 0 Å². The van der Waals surface area contributed by atoms with Crippen molar-refractivity contribution in [3.63, 3.8) is 0 Å². The zero-order valence-electron chi connectivity index (χ0n) is 23.5. The molecule has 3 rings (SSSR count). The van der Waals surface area contributed by atoms with Crippen molar-refractivity contribution in [1.82, 2.24) is 9.80 Å². The summed E-state index contributed by atoms with van der Waals surface area (Å²) in [6.45, 7) is 19.9. The first-order valence-corrected chi connectivity index (χ1v) is 13.4. The van der Waals surface area contributed by atoms with Gasteiger partial charge in [0.15, 0.2) is 6.61 Å². The fraction of sp³-hybridized carbons (Fsp3) is 0.581. The quantitative estimate of drug-likeness (QED) is 0.387. The van der Waals surface area contributed by atoms with Gasteiger partial charge in [-0.05, 0) is 66.8 Å². The van der Waals surface area contributed by atoms with Crippen LogP contribution in [-0.2, 0) is 22.2 Å². The molecule has 1 heterocycles. The van der Waals surface area contributed by atoms with E-state index in [-0.39, 0.29) is 41.2 Å². The summed E-state index contributed by atoms with van der Waals surface area (Å²) < 4.78 is 19.5. The van der Waals surface area contributed by atoms with Gasteiger partial charge in [-0.25, -0.2) is 4.39 Å².